The van der Waals surface area contributed by atoms with E-state index in [4.69, 9.17) is 23.7 Å². The molecule has 3 aliphatic heterocycles. The van der Waals surface area contributed by atoms with E-state index in [9.17, 15) is 24.3 Å². The summed E-state index contributed by atoms with van der Waals surface area (Å²) in [5.74, 6) is -5.20. The number of Topliss-reactive ketones (excluding diaryl/α,β-unsaturated/α-hetero) is 2. The molecule has 0 radical (unpaired) electrons. The van der Waals surface area contributed by atoms with Gasteiger partial charge in [0, 0.05) is 67.6 Å². The molecule has 3 saturated heterocycles. The van der Waals surface area contributed by atoms with E-state index in [1.165, 1.54) is 20.1 Å². The molecule has 15 heteroatoms. The SMILES string of the molecule is C=C[C@]12OC(=O)N(CCCCn3cnc(-c4ccc(C)nc4)c3)C1[C@@H](C)C(=O)[C@H](C)C[C@](C)(OC)[C@H](O[C@@H]1O[C@H](C)C[C@H](N(C)C)[C@H]1O)[C@@H](C)C(=O)[C@@H](C)C(=O)O[C@@H]2CC. The van der Waals surface area contributed by atoms with Gasteiger partial charge in [0.2, 0.25) is 0 Å². The second-order valence-electron chi connectivity index (χ2n) is 17.6. The molecule has 3 aliphatic rings. The largest absolute Gasteiger partial charge is 0.457 e. The van der Waals surface area contributed by atoms with Gasteiger partial charge in [0.25, 0.3) is 0 Å². The molecule has 2 aromatic heterocycles. The van der Waals surface area contributed by atoms with Crippen molar-refractivity contribution in [2.75, 3.05) is 27.7 Å². The molecule has 5 rings (SSSR count). The van der Waals surface area contributed by atoms with E-state index >= 15 is 0 Å². The maximum Gasteiger partial charge on any atom is 0.411 e. The highest BCUT2D eigenvalue weighted by molar-refractivity contribution is 6.00. The van der Waals surface area contributed by atoms with Crippen LogP contribution in [0.15, 0.2) is 43.5 Å². The summed E-state index contributed by atoms with van der Waals surface area (Å²) in [5, 5.41) is 11.5. The number of aryl methyl sites for hydroxylation is 2. The van der Waals surface area contributed by atoms with E-state index in [1.54, 1.807) is 52.0 Å². The third-order valence-corrected chi connectivity index (χ3v) is 13.1. The predicted molar refractivity (Wildman–Crippen MR) is 224 cm³/mol. The minimum Gasteiger partial charge on any atom is -0.457 e. The molecule has 0 bridgehead atoms. The van der Waals surface area contributed by atoms with E-state index < -0.39 is 83.4 Å². The molecular formula is C45H67N5O10. The highest BCUT2D eigenvalue weighted by Crippen LogP contribution is 2.44. The molecule has 332 valence electrons. The van der Waals surface area contributed by atoms with Crippen molar-refractivity contribution < 1.29 is 48.0 Å². The summed E-state index contributed by atoms with van der Waals surface area (Å²) >= 11 is 0. The first-order chi connectivity index (χ1) is 28.3. The first-order valence-electron chi connectivity index (χ1n) is 21.4. The fourth-order valence-electron chi connectivity index (χ4n) is 9.51. The normalized spacial score (nSPS) is 35.8. The number of cyclic esters (lactones) is 1. The molecule has 0 saturated carbocycles. The Kier molecular flexibility index (Phi) is 15.2. The van der Waals surface area contributed by atoms with Gasteiger partial charge in [-0.15, -0.1) is 0 Å². The maximum absolute atomic E-state index is 14.8. The van der Waals surface area contributed by atoms with E-state index in [0.717, 1.165) is 17.0 Å². The lowest BCUT2D eigenvalue weighted by atomic mass is 9.72. The van der Waals surface area contributed by atoms with Crippen molar-refractivity contribution in [1.82, 2.24) is 24.3 Å². The number of pyridine rings is 1. The van der Waals surface area contributed by atoms with Gasteiger partial charge in [-0.05, 0) is 92.1 Å². The van der Waals surface area contributed by atoms with Gasteiger partial charge in [-0.3, -0.25) is 24.3 Å². The summed E-state index contributed by atoms with van der Waals surface area (Å²) in [6.07, 6.45) is 3.89. The Hall–Kier alpha value is -4.02. The third-order valence-electron chi connectivity index (χ3n) is 13.1. The fraction of sp³-hybridized carbons (Fsp3) is 0.689. The molecular weight excluding hydrogens is 771 g/mol. The minimum absolute atomic E-state index is 0.106. The van der Waals surface area contributed by atoms with Crippen LogP contribution in [0.1, 0.15) is 86.3 Å². The molecule has 1 N–H and O–H groups in total. The van der Waals surface area contributed by atoms with E-state index in [1.807, 2.05) is 55.7 Å². The number of carbonyl (C=O) groups excluding carboxylic acids is 4. The van der Waals surface area contributed by atoms with Crippen molar-refractivity contribution in [3.63, 3.8) is 0 Å². The summed E-state index contributed by atoms with van der Waals surface area (Å²) in [5.41, 5.74) is -0.239. The number of aromatic nitrogens is 3. The molecule has 60 heavy (non-hydrogen) atoms. The van der Waals surface area contributed by atoms with Crippen LogP contribution in [0.3, 0.4) is 0 Å². The van der Waals surface area contributed by atoms with Crippen molar-refractivity contribution in [3.8, 4) is 11.3 Å². The fourth-order valence-corrected chi connectivity index (χ4v) is 9.51. The molecule has 0 aliphatic carbocycles. The highest BCUT2D eigenvalue weighted by Gasteiger charge is 2.61. The number of unbranched alkanes of at least 4 members (excludes halogenated alkanes) is 1. The Labute approximate surface area is 355 Å². The molecule has 15 nitrogen and oxygen atoms in total. The molecule has 2 aromatic rings. The molecule has 13 atom stereocenters. The van der Waals surface area contributed by atoms with Crippen LogP contribution >= 0.6 is 0 Å². The minimum atomic E-state index is -1.60. The summed E-state index contributed by atoms with van der Waals surface area (Å²) in [4.78, 5) is 69.6. The number of aliphatic hydroxyl groups excluding tert-OH is 1. The first kappa shape index (κ1) is 47.0. The van der Waals surface area contributed by atoms with E-state index in [2.05, 4.69) is 16.5 Å². The number of likely N-dealkylation sites (N-methyl/N-ethyl adjacent to an activating group) is 1. The highest BCUT2D eigenvalue weighted by atomic mass is 16.7. The Morgan fingerprint density at radius 2 is 1.73 bits per heavy atom. The number of amides is 1. The molecule has 1 amide bonds. The number of ether oxygens (including phenoxy) is 5. The third kappa shape index (κ3) is 9.55. The number of methoxy groups -OCH3 is 1. The predicted octanol–water partition coefficient (Wildman–Crippen LogP) is 5.40. The molecule has 0 aromatic carbocycles. The second-order valence-corrected chi connectivity index (χ2v) is 17.6. The zero-order valence-electron chi connectivity index (χ0n) is 37.3. The number of esters is 1. The molecule has 0 spiro atoms. The van der Waals surface area contributed by atoms with Crippen LogP contribution in [-0.4, -0.2) is 135 Å². The van der Waals surface area contributed by atoms with E-state index in [0.29, 0.717) is 25.8 Å². The maximum atomic E-state index is 14.8. The van der Waals surface area contributed by atoms with Crippen LogP contribution < -0.4 is 0 Å². The Bertz CT molecular complexity index is 1840. The van der Waals surface area contributed by atoms with Crippen molar-refractivity contribution in [3.05, 3.63) is 49.2 Å². The topological polar surface area (TPSA) is 172 Å². The number of hydrogen-bond acceptors (Lipinski definition) is 13. The Balaban J connectivity index is 1.45. The van der Waals surface area contributed by atoms with Gasteiger partial charge < -0.3 is 38.3 Å². The number of imidazole rings is 1. The summed E-state index contributed by atoms with van der Waals surface area (Å²) in [6, 6.07) is 2.74. The molecule has 5 heterocycles. The Morgan fingerprint density at radius 1 is 1.03 bits per heavy atom. The number of ketones is 2. The van der Waals surface area contributed by atoms with Gasteiger partial charge in [0.1, 0.15) is 23.9 Å². The van der Waals surface area contributed by atoms with Crippen LogP contribution in [-0.2, 0) is 44.6 Å². The number of aliphatic hydroxyl groups is 1. The zero-order valence-corrected chi connectivity index (χ0v) is 37.3. The quantitative estimate of drug-likeness (QED) is 0.125. The van der Waals surface area contributed by atoms with Crippen LogP contribution in [0.5, 0.6) is 0 Å². The lowest BCUT2D eigenvalue weighted by molar-refractivity contribution is -0.295. The smallest absolute Gasteiger partial charge is 0.411 e. The number of rotatable bonds is 12. The van der Waals surface area contributed by atoms with Gasteiger partial charge in [-0.25, -0.2) is 9.78 Å². The van der Waals surface area contributed by atoms with Crippen LogP contribution in [0.25, 0.3) is 11.3 Å². The second kappa shape index (κ2) is 19.4. The number of nitrogens with zero attached hydrogens (tertiary/aromatic N) is 5. The van der Waals surface area contributed by atoms with Gasteiger partial charge in [-0.1, -0.05) is 34.3 Å². The molecule has 1 unspecified atom stereocenters. The van der Waals surface area contributed by atoms with Crippen LogP contribution in [0, 0.1) is 30.6 Å². The van der Waals surface area contributed by atoms with Gasteiger partial charge in [-0.2, -0.15) is 0 Å². The van der Waals surface area contributed by atoms with Crippen LogP contribution in [0.4, 0.5) is 4.79 Å². The van der Waals surface area contributed by atoms with Gasteiger partial charge in [0.15, 0.2) is 17.7 Å². The average molecular weight is 838 g/mol. The van der Waals surface area contributed by atoms with Gasteiger partial charge in [0.05, 0.1) is 35.9 Å². The summed E-state index contributed by atoms with van der Waals surface area (Å²) < 4.78 is 33.3. The lowest BCUT2D eigenvalue weighted by Crippen LogP contribution is -2.60. The Morgan fingerprint density at radius 3 is 2.35 bits per heavy atom. The van der Waals surface area contributed by atoms with Crippen molar-refractivity contribution in [1.29, 1.82) is 0 Å². The lowest BCUT2D eigenvalue weighted by Gasteiger charge is -2.47. The van der Waals surface area contributed by atoms with Crippen LogP contribution in [0.2, 0.25) is 0 Å². The molecule has 3 fully saturated rings. The standard InChI is InChI=1S/C45H67N5O10/c1-13-35-45(14-2)39(50(43(55)60-45)20-16-15-19-49-24-33(47-25-49)32-18-17-27(4)46-23-32)29(6)36(51)26(3)22-44(9,56-12)40(30(7)37(52)31(8)41(54)58-35)59-42-38(53)34(48(10)11)21-28(5)57-42/h14,17-18,23-26,28-31,34-35,38-40,42,53H,2,13,15-16,19-22H2,1,3-12H3/t26-,28-,29+,30+,31-,34+,35-,38-,39?,40-,42+,44+,45-/m1/s1. The van der Waals surface area contributed by atoms with E-state index in [-0.39, 0.29) is 37.3 Å². The van der Waals surface area contributed by atoms with Crippen molar-refractivity contribution in [2.24, 2.45) is 23.7 Å². The van der Waals surface area contributed by atoms with Crippen molar-refractivity contribution >= 4 is 23.6 Å². The monoisotopic (exact) mass is 837 g/mol. The zero-order chi connectivity index (χ0) is 44.3. The van der Waals surface area contributed by atoms with Gasteiger partial charge >= 0.3 is 12.1 Å². The number of carbonyl (C=O) groups is 4. The van der Waals surface area contributed by atoms with Crippen molar-refractivity contribution in [2.45, 2.75) is 148 Å². The average Bonchev–Trinajstić information content (AvgIpc) is 3.81. The summed E-state index contributed by atoms with van der Waals surface area (Å²) in [6.45, 7) is 19.1. The number of hydrogen-bond donors (Lipinski definition) is 1. The first-order valence-corrected chi connectivity index (χ1v) is 21.4. The summed E-state index contributed by atoms with van der Waals surface area (Å²) in [7, 11) is 5.23. The number of fused-ring (bicyclic) bond motifs is 1.